The quantitative estimate of drug-likeness (QED) is 0.740. The summed E-state index contributed by atoms with van der Waals surface area (Å²) < 4.78 is 10.6. The second-order valence-electron chi connectivity index (χ2n) is 7.98. The van der Waals surface area contributed by atoms with Crippen LogP contribution in [0.25, 0.3) is 0 Å². The molecule has 0 aliphatic carbocycles. The van der Waals surface area contributed by atoms with Crippen molar-refractivity contribution in [1.29, 1.82) is 0 Å². The summed E-state index contributed by atoms with van der Waals surface area (Å²) >= 11 is 1.61. The van der Waals surface area contributed by atoms with Gasteiger partial charge in [0.1, 0.15) is 0 Å². The molecule has 2 N–H and O–H groups in total. The normalized spacial score (nSPS) is 17.9. The number of likely N-dealkylation sites (tertiary alicyclic amines) is 1. The number of anilines is 2. The number of rotatable bonds is 3. The average molecular weight is 454 g/mol. The van der Waals surface area contributed by atoms with Crippen LogP contribution in [0.2, 0.25) is 0 Å². The highest BCUT2D eigenvalue weighted by Gasteiger charge is 2.29. The van der Waals surface area contributed by atoms with E-state index in [2.05, 4.69) is 10.6 Å². The van der Waals surface area contributed by atoms with Gasteiger partial charge in [-0.05, 0) is 43.2 Å². The summed E-state index contributed by atoms with van der Waals surface area (Å²) in [7, 11) is 0. The molecule has 5 rings (SSSR count). The van der Waals surface area contributed by atoms with Gasteiger partial charge in [-0.25, -0.2) is 0 Å². The molecule has 0 saturated carbocycles. The van der Waals surface area contributed by atoms with E-state index in [1.165, 1.54) is 0 Å². The highest BCUT2D eigenvalue weighted by atomic mass is 32.2. The van der Waals surface area contributed by atoms with Crippen LogP contribution >= 0.6 is 11.8 Å². The molecule has 1 saturated heterocycles. The van der Waals surface area contributed by atoms with Crippen molar-refractivity contribution in [3.63, 3.8) is 0 Å². The Bertz CT molecular complexity index is 1080. The predicted molar refractivity (Wildman–Crippen MR) is 120 cm³/mol. The zero-order chi connectivity index (χ0) is 22.1. The lowest BCUT2D eigenvalue weighted by atomic mass is 9.95. The smallest absolute Gasteiger partial charge is 0.253 e. The lowest BCUT2D eigenvalue weighted by Crippen LogP contribution is -2.41. The summed E-state index contributed by atoms with van der Waals surface area (Å²) in [6.45, 7) is 1.21. The zero-order valence-electron chi connectivity index (χ0n) is 17.4. The van der Waals surface area contributed by atoms with Gasteiger partial charge in [-0.15, -0.1) is 11.8 Å². The minimum absolute atomic E-state index is 0.0323. The van der Waals surface area contributed by atoms with Gasteiger partial charge in [0.15, 0.2) is 11.5 Å². The highest BCUT2D eigenvalue weighted by Crippen LogP contribution is 2.35. The van der Waals surface area contributed by atoms with Crippen LogP contribution in [0.15, 0.2) is 41.3 Å². The number of nitrogens with zero attached hydrogens (tertiary/aromatic N) is 1. The van der Waals surface area contributed by atoms with Gasteiger partial charge in [0.05, 0.1) is 5.69 Å². The topological polar surface area (TPSA) is 97.0 Å². The standard InChI is InChI=1S/C23H23N3O5S/c27-21-7-10-32-20-4-1-15(11-17(20)25-21)23(29)26-8-5-14(6-9-26)22(28)24-16-2-3-18-19(12-16)31-13-30-18/h1-4,11-12,14H,5-10,13H2,(H,24,28)(H,25,27). The molecule has 2 aromatic carbocycles. The van der Waals surface area contributed by atoms with Gasteiger partial charge in [0.2, 0.25) is 18.6 Å². The van der Waals surface area contributed by atoms with E-state index in [9.17, 15) is 14.4 Å². The number of carbonyl (C=O) groups excluding carboxylic acids is 3. The molecule has 0 radical (unpaired) electrons. The Morgan fingerprint density at radius 1 is 1.06 bits per heavy atom. The molecule has 0 spiro atoms. The summed E-state index contributed by atoms with van der Waals surface area (Å²) in [6.07, 6.45) is 1.66. The third-order valence-electron chi connectivity index (χ3n) is 5.88. The Hall–Kier alpha value is -3.20. The van der Waals surface area contributed by atoms with E-state index in [-0.39, 0.29) is 30.4 Å². The molecule has 9 heteroatoms. The molecule has 1 fully saturated rings. The second kappa shape index (κ2) is 8.74. The predicted octanol–water partition coefficient (Wildman–Crippen LogP) is 3.34. The Labute approximate surface area is 189 Å². The Morgan fingerprint density at radius 3 is 2.72 bits per heavy atom. The largest absolute Gasteiger partial charge is 0.454 e. The lowest BCUT2D eigenvalue weighted by Gasteiger charge is -2.31. The SMILES string of the molecule is O=C1CCSc2ccc(C(=O)N3CCC(C(=O)Nc4ccc5c(c4)OCO5)CC3)cc2N1. The van der Waals surface area contributed by atoms with Crippen molar-refractivity contribution < 1.29 is 23.9 Å². The first-order chi connectivity index (χ1) is 15.6. The van der Waals surface area contributed by atoms with Crippen LogP contribution in [0.3, 0.4) is 0 Å². The molecule has 3 heterocycles. The second-order valence-corrected chi connectivity index (χ2v) is 9.12. The number of benzene rings is 2. The number of nitrogens with one attached hydrogen (secondary N) is 2. The van der Waals surface area contributed by atoms with Crippen molar-refractivity contribution in [2.45, 2.75) is 24.2 Å². The summed E-state index contributed by atoms with van der Waals surface area (Å²) in [6, 6.07) is 10.8. The van der Waals surface area contributed by atoms with Crippen LogP contribution in [0.1, 0.15) is 29.6 Å². The molecular weight excluding hydrogens is 430 g/mol. The fourth-order valence-corrected chi connectivity index (χ4v) is 5.04. The number of piperidine rings is 1. The Morgan fingerprint density at radius 2 is 1.88 bits per heavy atom. The van der Waals surface area contributed by atoms with E-state index in [1.54, 1.807) is 40.9 Å². The summed E-state index contributed by atoms with van der Waals surface area (Å²) in [5.74, 6) is 1.70. The number of fused-ring (bicyclic) bond motifs is 2. The van der Waals surface area contributed by atoms with Crippen LogP contribution in [0, 0.1) is 5.92 Å². The number of ether oxygens (including phenoxy) is 2. The van der Waals surface area contributed by atoms with Crippen molar-refractivity contribution in [1.82, 2.24) is 4.90 Å². The summed E-state index contributed by atoms with van der Waals surface area (Å²) in [5, 5.41) is 5.82. The summed E-state index contributed by atoms with van der Waals surface area (Å²) in [4.78, 5) is 40.3. The maximum absolute atomic E-state index is 13.0. The van der Waals surface area contributed by atoms with Gasteiger partial charge in [0.25, 0.3) is 5.91 Å². The number of carbonyl (C=O) groups is 3. The van der Waals surface area contributed by atoms with E-state index in [0.29, 0.717) is 60.8 Å². The number of hydrogen-bond acceptors (Lipinski definition) is 6. The monoisotopic (exact) mass is 453 g/mol. The minimum atomic E-state index is -0.160. The zero-order valence-corrected chi connectivity index (χ0v) is 18.2. The van der Waals surface area contributed by atoms with Crippen LogP contribution in [-0.4, -0.2) is 48.3 Å². The maximum atomic E-state index is 13.0. The van der Waals surface area contributed by atoms with E-state index in [1.807, 2.05) is 12.1 Å². The molecular formula is C23H23N3O5S. The molecule has 2 aromatic rings. The number of hydrogen-bond donors (Lipinski definition) is 2. The van der Waals surface area contributed by atoms with Crippen LogP contribution in [-0.2, 0) is 9.59 Å². The third-order valence-corrected chi connectivity index (χ3v) is 6.96. The van der Waals surface area contributed by atoms with E-state index < -0.39 is 0 Å². The molecule has 0 unspecified atom stereocenters. The molecule has 3 aliphatic rings. The molecule has 3 aliphatic heterocycles. The van der Waals surface area contributed by atoms with Crippen LogP contribution in [0.4, 0.5) is 11.4 Å². The van der Waals surface area contributed by atoms with Gasteiger partial charge >= 0.3 is 0 Å². The first-order valence-corrected chi connectivity index (χ1v) is 11.6. The Kier molecular flexibility index (Phi) is 5.65. The minimum Gasteiger partial charge on any atom is -0.454 e. The van der Waals surface area contributed by atoms with E-state index in [0.717, 1.165) is 10.6 Å². The first kappa shape index (κ1) is 20.7. The third kappa shape index (κ3) is 4.25. The lowest BCUT2D eigenvalue weighted by molar-refractivity contribution is -0.121. The molecule has 0 aromatic heterocycles. The molecule has 3 amide bonds. The van der Waals surface area contributed by atoms with Gasteiger partial charge in [-0.3, -0.25) is 14.4 Å². The van der Waals surface area contributed by atoms with Gasteiger partial charge in [0, 0.05) is 53.4 Å². The molecule has 0 bridgehead atoms. The van der Waals surface area contributed by atoms with Crippen LogP contribution in [0.5, 0.6) is 11.5 Å². The van der Waals surface area contributed by atoms with E-state index in [4.69, 9.17) is 9.47 Å². The summed E-state index contributed by atoms with van der Waals surface area (Å²) in [5.41, 5.74) is 1.92. The van der Waals surface area contributed by atoms with Crippen molar-refractivity contribution in [3.8, 4) is 11.5 Å². The van der Waals surface area contributed by atoms with Gasteiger partial charge < -0.3 is 25.0 Å². The van der Waals surface area contributed by atoms with Gasteiger partial charge in [-0.1, -0.05) is 0 Å². The fourth-order valence-electron chi connectivity index (χ4n) is 4.10. The Balaban J connectivity index is 1.19. The number of thioether (sulfide) groups is 1. The fraction of sp³-hybridized carbons (Fsp3) is 0.348. The average Bonchev–Trinajstić information content (AvgIpc) is 3.19. The molecule has 166 valence electrons. The molecule has 0 atom stereocenters. The van der Waals surface area contributed by atoms with Gasteiger partial charge in [-0.2, -0.15) is 0 Å². The molecule has 8 nitrogen and oxygen atoms in total. The molecule has 32 heavy (non-hydrogen) atoms. The van der Waals surface area contributed by atoms with Crippen LogP contribution < -0.4 is 20.1 Å². The van der Waals surface area contributed by atoms with Crippen molar-refractivity contribution in [2.24, 2.45) is 5.92 Å². The highest BCUT2D eigenvalue weighted by molar-refractivity contribution is 7.99. The number of amides is 3. The first-order valence-electron chi connectivity index (χ1n) is 10.6. The van der Waals surface area contributed by atoms with Crippen molar-refractivity contribution >= 4 is 40.9 Å². The van der Waals surface area contributed by atoms with Crippen molar-refractivity contribution in [3.05, 3.63) is 42.0 Å². The van der Waals surface area contributed by atoms with E-state index >= 15 is 0 Å². The maximum Gasteiger partial charge on any atom is 0.253 e. The van der Waals surface area contributed by atoms with Crippen molar-refractivity contribution in [2.75, 3.05) is 36.3 Å².